The molecule has 2 rings (SSSR count). The van der Waals surface area contributed by atoms with Crippen LogP contribution in [-0.2, 0) is 4.74 Å². The number of aryl methyl sites for hydroxylation is 1. The van der Waals surface area contributed by atoms with E-state index in [4.69, 9.17) is 21.1 Å². The van der Waals surface area contributed by atoms with Gasteiger partial charge in [-0.25, -0.2) is 4.79 Å². The molecule has 0 aliphatic carbocycles. The van der Waals surface area contributed by atoms with Crippen molar-refractivity contribution in [3.05, 3.63) is 68.7 Å². The highest BCUT2D eigenvalue weighted by Gasteiger charge is 2.14. The number of carbonyl (C=O) groups excluding carboxylic acids is 1. The fourth-order valence-electron chi connectivity index (χ4n) is 1.92. The van der Waals surface area contributed by atoms with Crippen LogP contribution in [0.3, 0.4) is 0 Å². The second-order valence-electron chi connectivity index (χ2n) is 4.70. The predicted octanol–water partition coefficient (Wildman–Crippen LogP) is 3.79. The lowest BCUT2D eigenvalue weighted by atomic mass is 10.1. The zero-order valence-corrected chi connectivity index (χ0v) is 13.1. The lowest BCUT2D eigenvalue weighted by Crippen LogP contribution is -2.12. The van der Waals surface area contributed by atoms with Crippen LogP contribution in [0.2, 0.25) is 5.02 Å². The quantitative estimate of drug-likeness (QED) is 0.347. The Morgan fingerprint density at radius 1 is 1.22 bits per heavy atom. The molecule has 0 aromatic heterocycles. The molecule has 0 radical (unpaired) electrons. The molecule has 2 aromatic carbocycles. The number of nitrogens with zero attached hydrogens (tertiary/aromatic N) is 1. The lowest BCUT2D eigenvalue weighted by molar-refractivity contribution is -0.385. The first kappa shape index (κ1) is 16.8. The number of nitro benzene ring substituents is 1. The standard InChI is InChI=1S/C16H14ClNO5/c1-11-9-12(5-6-15(11)18(20)21)16(19)23-8-7-22-14-4-2-3-13(17)10-14/h2-6,9-10H,7-8H2,1H3. The monoisotopic (exact) mass is 335 g/mol. The lowest BCUT2D eigenvalue weighted by Gasteiger charge is -2.08. The Morgan fingerprint density at radius 3 is 2.65 bits per heavy atom. The SMILES string of the molecule is Cc1cc(C(=O)OCCOc2cccc(Cl)c2)ccc1[N+](=O)[O-]. The molecule has 0 aliphatic rings. The van der Waals surface area contributed by atoms with E-state index in [0.29, 0.717) is 16.3 Å². The molecule has 0 N–H and O–H groups in total. The van der Waals surface area contributed by atoms with Crippen molar-refractivity contribution in [2.24, 2.45) is 0 Å². The molecule has 0 fully saturated rings. The largest absolute Gasteiger partial charge is 0.490 e. The number of nitro groups is 1. The van der Waals surface area contributed by atoms with Crippen molar-refractivity contribution in [1.82, 2.24) is 0 Å². The Bertz CT molecular complexity index is 732. The summed E-state index contributed by atoms with van der Waals surface area (Å²) in [6.45, 7) is 1.80. The van der Waals surface area contributed by atoms with Crippen LogP contribution in [0.15, 0.2) is 42.5 Å². The van der Waals surface area contributed by atoms with Crippen molar-refractivity contribution >= 4 is 23.3 Å². The molecule has 120 valence electrons. The van der Waals surface area contributed by atoms with Gasteiger partial charge < -0.3 is 9.47 Å². The molecule has 0 bridgehead atoms. The van der Waals surface area contributed by atoms with E-state index in [1.807, 2.05) is 0 Å². The van der Waals surface area contributed by atoms with Crippen LogP contribution in [0, 0.1) is 17.0 Å². The highest BCUT2D eigenvalue weighted by molar-refractivity contribution is 6.30. The van der Waals surface area contributed by atoms with Crippen LogP contribution in [0.4, 0.5) is 5.69 Å². The van der Waals surface area contributed by atoms with Crippen LogP contribution in [-0.4, -0.2) is 24.1 Å². The van der Waals surface area contributed by atoms with Gasteiger partial charge in [0, 0.05) is 16.7 Å². The van der Waals surface area contributed by atoms with E-state index in [1.54, 1.807) is 31.2 Å². The van der Waals surface area contributed by atoms with Gasteiger partial charge in [-0.05, 0) is 37.3 Å². The van der Waals surface area contributed by atoms with E-state index >= 15 is 0 Å². The van der Waals surface area contributed by atoms with Crippen LogP contribution in [0.25, 0.3) is 0 Å². The minimum absolute atomic E-state index is 0.0363. The van der Waals surface area contributed by atoms with Gasteiger partial charge >= 0.3 is 5.97 Å². The molecule has 0 aliphatic heterocycles. The van der Waals surface area contributed by atoms with E-state index in [2.05, 4.69) is 0 Å². The van der Waals surface area contributed by atoms with Gasteiger partial charge in [0.25, 0.3) is 5.69 Å². The normalized spacial score (nSPS) is 10.2. The van der Waals surface area contributed by atoms with Gasteiger partial charge in [0.1, 0.15) is 19.0 Å². The maximum absolute atomic E-state index is 11.9. The van der Waals surface area contributed by atoms with Gasteiger partial charge in [-0.3, -0.25) is 10.1 Å². The van der Waals surface area contributed by atoms with Gasteiger partial charge in [-0.1, -0.05) is 17.7 Å². The van der Waals surface area contributed by atoms with Crippen LogP contribution < -0.4 is 4.74 Å². The molecule has 7 heteroatoms. The summed E-state index contributed by atoms with van der Waals surface area (Å²) in [7, 11) is 0. The van der Waals surface area contributed by atoms with E-state index in [0.717, 1.165) is 0 Å². The maximum Gasteiger partial charge on any atom is 0.338 e. The zero-order chi connectivity index (χ0) is 16.8. The first-order valence-electron chi connectivity index (χ1n) is 6.78. The summed E-state index contributed by atoms with van der Waals surface area (Å²) in [5.41, 5.74) is 0.626. The average molecular weight is 336 g/mol. The molecule has 2 aromatic rings. The van der Waals surface area contributed by atoms with E-state index in [9.17, 15) is 14.9 Å². The first-order chi connectivity index (χ1) is 11.0. The third-order valence-corrected chi connectivity index (χ3v) is 3.25. The van der Waals surface area contributed by atoms with Crippen LogP contribution in [0.1, 0.15) is 15.9 Å². The van der Waals surface area contributed by atoms with Gasteiger partial charge in [0.2, 0.25) is 0 Å². The molecule has 0 unspecified atom stereocenters. The summed E-state index contributed by atoms with van der Waals surface area (Å²) in [6, 6.07) is 11.0. The second kappa shape index (κ2) is 7.60. The Kier molecular flexibility index (Phi) is 5.54. The van der Waals surface area contributed by atoms with Crippen molar-refractivity contribution in [3.8, 4) is 5.75 Å². The fraction of sp³-hybridized carbons (Fsp3) is 0.188. The van der Waals surface area contributed by atoms with Crippen molar-refractivity contribution < 1.29 is 19.2 Å². The molecule has 0 spiro atoms. The molecule has 0 atom stereocenters. The number of ether oxygens (including phenoxy) is 2. The van der Waals surface area contributed by atoms with E-state index < -0.39 is 10.9 Å². The van der Waals surface area contributed by atoms with Crippen molar-refractivity contribution in [2.45, 2.75) is 6.92 Å². The zero-order valence-electron chi connectivity index (χ0n) is 12.3. The Morgan fingerprint density at radius 2 is 2.00 bits per heavy atom. The topological polar surface area (TPSA) is 78.7 Å². The summed E-state index contributed by atoms with van der Waals surface area (Å²) >= 11 is 5.82. The summed E-state index contributed by atoms with van der Waals surface area (Å²) < 4.78 is 10.5. The molecule has 23 heavy (non-hydrogen) atoms. The van der Waals surface area contributed by atoms with Crippen molar-refractivity contribution in [2.75, 3.05) is 13.2 Å². The summed E-state index contributed by atoms with van der Waals surface area (Å²) in [5, 5.41) is 11.3. The van der Waals surface area contributed by atoms with Gasteiger partial charge in [0.05, 0.1) is 10.5 Å². The summed E-state index contributed by atoms with van der Waals surface area (Å²) in [5.74, 6) is 0.0254. The number of hydrogen-bond acceptors (Lipinski definition) is 5. The minimum Gasteiger partial charge on any atom is -0.490 e. The first-order valence-corrected chi connectivity index (χ1v) is 7.15. The van der Waals surface area contributed by atoms with Gasteiger partial charge in [-0.2, -0.15) is 0 Å². The number of halogens is 1. The molecule has 0 amide bonds. The molecule has 0 saturated heterocycles. The molecule has 0 saturated carbocycles. The third kappa shape index (κ3) is 4.69. The number of esters is 1. The fourth-order valence-corrected chi connectivity index (χ4v) is 2.10. The Balaban J connectivity index is 1.85. The summed E-state index contributed by atoms with van der Waals surface area (Å²) in [4.78, 5) is 22.1. The minimum atomic E-state index is -0.558. The third-order valence-electron chi connectivity index (χ3n) is 3.01. The smallest absolute Gasteiger partial charge is 0.338 e. The van der Waals surface area contributed by atoms with Crippen molar-refractivity contribution in [3.63, 3.8) is 0 Å². The Labute approximate surface area is 137 Å². The Hall–Kier alpha value is -2.60. The number of carbonyl (C=O) groups is 1. The average Bonchev–Trinajstić information content (AvgIpc) is 2.51. The highest BCUT2D eigenvalue weighted by atomic mass is 35.5. The highest BCUT2D eigenvalue weighted by Crippen LogP contribution is 2.19. The van der Waals surface area contributed by atoms with Crippen LogP contribution >= 0.6 is 11.6 Å². The van der Waals surface area contributed by atoms with Crippen LogP contribution in [0.5, 0.6) is 5.75 Å². The molecular weight excluding hydrogens is 322 g/mol. The number of benzene rings is 2. The maximum atomic E-state index is 11.9. The number of hydrogen-bond donors (Lipinski definition) is 0. The van der Waals surface area contributed by atoms with E-state index in [-0.39, 0.29) is 24.5 Å². The molecular formula is C16H14ClNO5. The summed E-state index contributed by atoms with van der Waals surface area (Å²) in [6.07, 6.45) is 0. The second-order valence-corrected chi connectivity index (χ2v) is 5.14. The van der Waals surface area contributed by atoms with Gasteiger partial charge in [0.15, 0.2) is 0 Å². The van der Waals surface area contributed by atoms with Gasteiger partial charge in [-0.15, -0.1) is 0 Å². The van der Waals surface area contributed by atoms with Crippen molar-refractivity contribution in [1.29, 1.82) is 0 Å². The molecule has 0 heterocycles. The van der Waals surface area contributed by atoms with E-state index in [1.165, 1.54) is 18.2 Å². The predicted molar refractivity (Wildman–Crippen MR) is 85.1 cm³/mol. The number of rotatable bonds is 6. The molecule has 6 nitrogen and oxygen atoms in total.